The van der Waals surface area contributed by atoms with E-state index in [-0.39, 0.29) is 12.8 Å². The number of hydrogen-bond acceptors (Lipinski definition) is 7. The smallest absolute Gasteiger partial charge is 0.336 e. The summed E-state index contributed by atoms with van der Waals surface area (Å²) in [6.45, 7) is 7.23. The molecule has 13 nitrogen and oxygen atoms in total. The van der Waals surface area contributed by atoms with Crippen molar-refractivity contribution in [1.29, 1.82) is 0 Å². The van der Waals surface area contributed by atoms with E-state index in [9.17, 15) is 49.2 Å². The van der Waals surface area contributed by atoms with Crippen LogP contribution in [0.2, 0.25) is 0 Å². The predicted molar refractivity (Wildman–Crippen MR) is 126 cm³/mol. The number of carboxylic acid groups (broad SMARTS) is 4. The fraction of sp³-hybridized carbons (Fsp3) is 0.500. The molecule has 2 heterocycles. The number of rotatable bonds is 7. The topological polar surface area (TPSA) is 202 Å². The summed E-state index contributed by atoms with van der Waals surface area (Å²) >= 11 is 0. The maximum absolute atomic E-state index is 13.6. The average molecular weight is 520 g/mol. The minimum atomic E-state index is -1.79. The average Bonchev–Trinajstić information content (AvgIpc) is 2.96. The van der Waals surface area contributed by atoms with Gasteiger partial charge in [0.2, 0.25) is 0 Å². The molecule has 1 aromatic carbocycles. The molecular weight excluding hydrogens is 490 g/mol. The first-order valence-electron chi connectivity index (χ1n) is 11.4. The largest absolute Gasteiger partial charge is 0.478 e. The highest BCUT2D eigenvalue weighted by Crippen LogP contribution is 2.45. The minimum Gasteiger partial charge on any atom is -0.478 e. The third kappa shape index (κ3) is 4.50. The summed E-state index contributed by atoms with van der Waals surface area (Å²) < 4.78 is 0. The van der Waals surface area contributed by atoms with Crippen molar-refractivity contribution in [2.75, 3.05) is 13.6 Å². The number of nitrogens with one attached hydrogen (secondary N) is 1. The van der Waals surface area contributed by atoms with Crippen molar-refractivity contribution >= 4 is 35.8 Å². The lowest BCUT2D eigenvalue weighted by molar-refractivity contribution is -0.139. The highest BCUT2D eigenvalue weighted by Gasteiger charge is 2.60. The maximum Gasteiger partial charge on any atom is 0.336 e. The van der Waals surface area contributed by atoms with E-state index in [1.165, 1.54) is 0 Å². The van der Waals surface area contributed by atoms with Crippen LogP contribution in [0.5, 0.6) is 0 Å². The second-order valence-electron chi connectivity index (χ2n) is 10.7. The summed E-state index contributed by atoms with van der Waals surface area (Å²) in [6, 6.07) is -0.283. The fourth-order valence-corrected chi connectivity index (χ4v) is 5.75. The van der Waals surface area contributed by atoms with Gasteiger partial charge in [0.25, 0.3) is 5.91 Å². The van der Waals surface area contributed by atoms with Gasteiger partial charge in [0.15, 0.2) is 0 Å². The number of nitrogens with zero attached hydrogens (tertiary/aromatic N) is 2. The van der Waals surface area contributed by atoms with E-state index in [2.05, 4.69) is 10.2 Å². The number of carboxylic acids is 4. The maximum atomic E-state index is 13.6. The monoisotopic (exact) mass is 519 g/mol. The van der Waals surface area contributed by atoms with Crippen LogP contribution in [0.4, 0.5) is 4.79 Å². The molecule has 1 aromatic rings. The molecule has 5 N–H and O–H groups in total. The molecule has 2 aliphatic heterocycles. The van der Waals surface area contributed by atoms with Gasteiger partial charge in [0.1, 0.15) is 5.54 Å². The Hall–Kier alpha value is -4.00. The Bertz CT molecular complexity index is 1180. The van der Waals surface area contributed by atoms with Crippen molar-refractivity contribution in [3.63, 3.8) is 0 Å². The number of carbonyl (C=O) groups is 6. The molecule has 2 fully saturated rings. The minimum absolute atomic E-state index is 0.277. The van der Waals surface area contributed by atoms with Gasteiger partial charge in [-0.1, -0.05) is 0 Å². The van der Waals surface area contributed by atoms with Crippen molar-refractivity contribution in [3.05, 3.63) is 33.9 Å². The lowest BCUT2D eigenvalue weighted by atomic mass is 9.69. The first kappa shape index (κ1) is 27.6. The molecule has 0 aliphatic carbocycles. The van der Waals surface area contributed by atoms with Crippen LogP contribution in [0.15, 0.2) is 6.07 Å². The standard InChI is InChI=1S/C24H29N3O10/c1-22(2)9-24(10-23(3,4)26(22)5)20(36)27(21(37)25-24)7-6-11-14(18(32)33)12(16(28)29)8-13(17(30)31)15(11)19(34)35/h8H,6-7,9-10H2,1-5H3,(H,25,37)(H,28,29)(H,30,31)(H,32,33)(H,34,35). The zero-order valence-corrected chi connectivity index (χ0v) is 21.0. The van der Waals surface area contributed by atoms with E-state index in [0.29, 0.717) is 6.07 Å². The number of hydrogen-bond donors (Lipinski definition) is 5. The number of amides is 3. The van der Waals surface area contributed by atoms with E-state index in [4.69, 9.17) is 0 Å². The molecule has 0 saturated carbocycles. The van der Waals surface area contributed by atoms with Gasteiger partial charge in [-0.15, -0.1) is 0 Å². The summed E-state index contributed by atoms with van der Waals surface area (Å²) in [6.07, 6.45) is -0.0363. The van der Waals surface area contributed by atoms with E-state index < -0.39 is 93.2 Å². The molecule has 0 unspecified atom stereocenters. The van der Waals surface area contributed by atoms with Crippen LogP contribution in [0.3, 0.4) is 0 Å². The third-order valence-corrected chi connectivity index (χ3v) is 7.44. The van der Waals surface area contributed by atoms with Gasteiger partial charge in [0.05, 0.1) is 22.3 Å². The lowest BCUT2D eigenvalue weighted by Crippen LogP contribution is -2.68. The number of urea groups is 1. The summed E-state index contributed by atoms with van der Waals surface area (Å²) in [5, 5.41) is 41.1. The zero-order chi connectivity index (χ0) is 28.2. The third-order valence-electron chi connectivity index (χ3n) is 7.44. The van der Waals surface area contributed by atoms with E-state index in [1.54, 1.807) is 0 Å². The molecule has 1 spiro atoms. The van der Waals surface area contributed by atoms with Crippen LogP contribution in [0.1, 0.15) is 87.5 Å². The van der Waals surface area contributed by atoms with Crippen LogP contribution in [-0.4, -0.2) is 96.3 Å². The first-order valence-corrected chi connectivity index (χ1v) is 11.4. The van der Waals surface area contributed by atoms with Crippen LogP contribution < -0.4 is 5.32 Å². The molecular formula is C24H29N3O10. The van der Waals surface area contributed by atoms with Gasteiger partial charge in [-0.25, -0.2) is 24.0 Å². The van der Waals surface area contributed by atoms with Gasteiger partial charge >= 0.3 is 29.9 Å². The predicted octanol–water partition coefficient (Wildman–Crippen LogP) is 1.60. The highest BCUT2D eigenvalue weighted by molar-refractivity contribution is 6.11. The second kappa shape index (κ2) is 8.83. The summed E-state index contributed by atoms with van der Waals surface area (Å²) in [5.74, 6) is -7.71. The Kier molecular flexibility index (Phi) is 6.59. The Morgan fingerprint density at radius 2 is 1.27 bits per heavy atom. The number of carbonyl (C=O) groups excluding carboxylic acids is 2. The van der Waals surface area contributed by atoms with Gasteiger partial charge in [0, 0.05) is 17.6 Å². The Morgan fingerprint density at radius 1 is 0.838 bits per heavy atom. The number of imide groups is 1. The van der Waals surface area contributed by atoms with Gasteiger partial charge in [-0.3, -0.25) is 14.6 Å². The summed E-state index contributed by atoms with van der Waals surface area (Å²) in [7, 11) is 1.92. The Labute approximate surface area is 211 Å². The van der Waals surface area contributed by atoms with Gasteiger partial charge in [-0.2, -0.15) is 0 Å². The van der Waals surface area contributed by atoms with Crippen LogP contribution in [-0.2, 0) is 11.2 Å². The molecule has 3 amide bonds. The first-order chi connectivity index (χ1) is 16.9. The van der Waals surface area contributed by atoms with E-state index >= 15 is 0 Å². The molecule has 0 atom stereocenters. The Balaban J connectivity index is 2.07. The summed E-state index contributed by atoms with van der Waals surface area (Å²) in [4.78, 5) is 76.8. The summed E-state index contributed by atoms with van der Waals surface area (Å²) in [5.41, 5.74) is -6.51. The van der Waals surface area contributed by atoms with Crippen molar-refractivity contribution in [2.45, 2.75) is 63.6 Å². The molecule has 2 aliphatic rings. The van der Waals surface area contributed by atoms with E-state index in [1.807, 2.05) is 34.7 Å². The SMILES string of the molecule is CN1C(C)(C)CC2(CC1(C)C)NC(=O)N(CCc1c(C(=O)O)c(C(=O)O)cc(C(=O)O)c1C(=O)O)C2=O. The number of likely N-dealkylation sites (tertiary alicyclic amines) is 1. The molecule has 13 heteroatoms. The number of aromatic carboxylic acids is 4. The quantitative estimate of drug-likeness (QED) is 0.327. The van der Waals surface area contributed by atoms with Crippen LogP contribution in [0, 0.1) is 0 Å². The Morgan fingerprint density at radius 3 is 1.65 bits per heavy atom. The fourth-order valence-electron chi connectivity index (χ4n) is 5.75. The molecule has 0 radical (unpaired) electrons. The number of piperidine rings is 1. The molecule has 0 aromatic heterocycles. The number of benzene rings is 1. The van der Waals surface area contributed by atoms with Crippen molar-refractivity contribution in [1.82, 2.24) is 15.1 Å². The molecule has 37 heavy (non-hydrogen) atoms. The molecule has 200 valence electrons. The van der Waals surface area contributed by atoms with Gasteiger partial charge in [-0.05, 0) is 65.6 Å². The van der Waals surface area contributed by atoms with Crippen molar-refractivity contribution < 1.29 is 49.2 Å². The lowest BCUT2D eigenvalue weighted by Gasteiger charge is -2.56. The van der Waals surface area contributed by atoms with Gasteiger partial charge < -0.3 is 25.7 Å². The normalized spacial score (nSPS) is 20.1. The molecule has 2 saturated heterocycles. The van der Waals surface area contributed by atoms with Crippen LogP contribution in [0.25, 0.3) is 0 Å². The molecule has 0 bridgehead atoms. The molecule has 3 rings (SSSR count). The zero-order valence-electron chi connectivity index (χ0n) is 21.0. The highest BCUT2D eigenvalue weighted by atomic mass is 16.4. The van der Waals surface area contributed by atoms with Crippen molar-refractivity contribution in [3.8, 4) is 0 Å². The van der Waals surface area contributed by atoms with Crippen LogP contribution >= 0.6 is 0 Å². The van der Waals surface area contributed by atoms with Crippen molar-refractivity contribution in [2.24, 2.45) is 0 Å². The second-order valence-corrected chi connectivity index (χ2v) is 10.7. The van der Waals surface area contributed by atoms with E-state index in [0.717, 1.165) is 4.90 Å².